The van der Waals surface area contributed by atoms with Crippen LogP contribution in [-0.4, -0.2) is 20.7 Å². The Morgan fingerprint density at radius 3 is 2.90 bits per heavy atom. The van der Waals surface area contributed by atoms with E-state index in [2.05, 4.69) is 15.4 Å². The van der Waals surface area contributed by atoms with E-state index in [-0.39, 0.29) is 11.7 Å². The van der Waals surface area contributed by atoms with Crippen molar-refractivity contribution in [2.24, 2.45) is 7.05 Å². The molecule has 0 aliphatic rings. The molecule has 0 aliphatic heterocycles. The third-order valence-corrected chi connectivity index (χ3v) is 3.85. The van der Waals surface area contributed by atoms with Crippen molar-refractivity contribution in [2.45, 2.75) is 6.92 Å². The zero-order valence-electron chi connectivity index (χ0n) is 10.8. The molecule has 102 valence electrons. The Kier molecular flexibility index (Phi) is 2.98. The minimum atomic E-state index is -0.326. The Labute approximate surface area is 118 Å². The summed E-state index contributed by atoms with van der Waals surface area (Å²) in [7, 11) is 1.77. The van der Waals surface area contributed by atoms with Crippen LogP contribution in [0.1, 0.15) is 16.2 Å². The smallest absolute Gasteiger partial charge is 0.277 e. The first-order valence-electron chi connectivity index (χ1n) is 5.91. The van der Waals surface area contributed by atoms with Crippen LogP contribution in [0.25, 0.3) is 10.2 Å². The number of fused-ring (bicyclic) bond motifs is 1. The minimum Gasteiger partial charge on any atom is -0.296 e. The predicted octanol–water partition coefficient (Wildman–Crippen LogP) is 2.73. The van der Waals surface area contributed by atoms with Crippen molar-refractivity contribution < 1.29 is 9.18 Å². The van der Waals surface area contributed by atoms with Gasteiger partial charge in [0.25, 0.3) is 5.91 Å². The molecule has 0 saturated carbocycles. The Morgan fingerprint density at radius 1 is 1.40 bits per heavy atom. The van der Waals surface area contributed by atoms with Crippen molar-refractivity contribution in [1.82, 2.24) is 14.8 Å². The standard InChI is InChI=1S/C13H11FN4OS/c1-7-5-10(17-18(7)2)12(19)16-13-15-9-4-3-8(14)6-11(9)20-13/h3-6H,1-2H3,(H,15,16,19). The lowest BCUT2D eigenvalue weighted by Crippen LogP contribution is -2.12. The number of nitrogens with zero attached hydrogens (tertiary/aromatic N) is 3. The van der Waals surface area contributed by atoms with Gasteiger partial charge in [-0.15, -0.1) is 0 Å². The van der Waals surface area contributed by atoms with Gasteiger partial charge >= 0.3 is 0 Å². The van der Waals surface area contributed by atoms with Gasteiger partial charge in [0.05, 0.1) is 10.2 Å². The van der Waals surface area contributed by atoms with Crippen LogP contribution in [0, 0.1) is 12.7 Å². The maximum absolute atomic E-state index is 13.1. The number of anilines is 1. The normalized spacial score (nSPS) is 10.9. The van der Waals surface area contributed by atoms with E-state index >= 15 is 0 Å². The Bertz CT molecular complexity index is 788. The molecule has 0 fully saturated rings. The van der Waals surface area contributed by atoms with Crippen LogP contribution in [0.3, 0.4) is 0 Å². The minimum absolute atomic E-state index is 0.320. The maximum Gasteiger partial charge on any atom is 0.277 e. The van der Waals surface area contributed by atoms with E-state index < -0.39 is 0 Å². The van der Waals surface area contributed by atoms with Crippen molar-refractivity contribution in [3.63, 3.8) is 0 Å². The van der Waals surface area contributed by atoms with Gasteiger partial charge in [0, 0.05) is 12.7 Å². The van der Waals surface area contributed by atoms with Crippen LogP contribution in [-0.2, 0) is 7.05 Å². The van der Waals surface area contributed by atoms with E-state index in [0.717, 1.165) is 5.69 Å². The molecule has 0 radical (unpaired) electrons. The molecule has 0 aliphatic carbocycles. The molecule has 7 heteroatoms. The summed E-state index contributed by atoms with van der Waals surface area (Å²) in [6.07, 6.45) is 0. The Hall–Kier alpha value is -2.28. The highest BCUT2D eigenvalue weighted by Gasteiger charge is 2.13. The Balaban J connectivity index is 1.87. The van der Waals surface area contributed by atoms with Crippen molar-refractivity contribution in [3.8, 4) is 0 Å². The third-order valence-electron chi connectivity index (χ3n) is 2.92. The number of carbonyl (C=O) groups excluding carboxylic acids is 1. The highest BCUT2D eigenvalue weighted by atomic mass is 32.1. The number of carbonyl (C=O) groups is 1. The topological polar surface area (TPSA) is 59.8 Å². The van der Waals surface area contributed by atoms with Gasteiger partial charge < -0.3 is 0 Å². The number of hydrogen-bond acceptors (Lipinski definition) is 4. The number of thiazole rings is 1. The summed E-state index contributed by atoms with van der Waals surface area (Å²) in [5.74, 6) is -0.646. The second-order valence-corrected chi connectivity index (χ2v) is 5.41. The van der Waals surface area contributed by atoms with Gasteiger partial charge in [-0.1, -0.05) is 11.3 Å². The molecule has 1 N–H and O–H groups in total. The zero-order valence-corrected chi connectivity index (χ0v) is 11.7. The first kappa shape index (κ1) is 12.7. The van der Waals surface area contributed by atoms with E-state index in [9.17, 15) is 9.18 Å². The summed E-state index contributed by atoms with van der Waals surface area (Å²) in [4.78, 5) is 16.3. The highest BCUT2D eigenvalue weighted by Crippen LogP contribution is 2.26. The van der Waals surface area contributed by atoms with Crippen molar-refractivity contribution >= 4 is 32.6 Å². The van der Waals surface area contributed by atoms with Crippen LogP contribution in [0.2, 0.25) is 0 Å². The van der Waals surface area contributed by atoms with Crippen LogP contribution >= 0.6 is 11.3 Å². The molecule has 3 rings (SSSR count). The first-order chi connectivity index (χ1) is 9.52. The molecule has 0 spiro atoms. The fourth-order valence-electron chi connectivity index (χ4n) is 1.78. The zero-order chi connectivity index (χ0) is 14.3. The summed E-state index contributed by atoms with van der Waals surface area (Å²) < 4.78 is 15.4. The van der Waals surface area contributed by atoms with Crippen LogP contribution < -0.4 is 5.32 Å². The van der Waals surface area contributed by atoms with Crippen LogP contribution in [0.15, 0.2) is 24.3 Å². The molecule has 0 saturated heterocycles. The lowest BCUT2D eigenvalue weighted by atomic mass is 10.3. The summed E-state index contributed by atoms with van der Waals surface area (Å²) >= 11 is 1.23. The van der Waals surface area contributed by atoms with Gasteiger partial charge in [0.15, 0.2) is 10.8 Å². The van der Waals surface area contributed by atoms with E-state index in [1.54, 1.807) is 23.9 Å². The van der Waals surface area contributed by atoms with Crippen LogP contribution in [0.4, 0.5) is 9.52 Å². The predicted molar refractivity (Wildman–Crippen MR) is 75.5 cm³/mol. The number of hydrogen-bond donors (Lipinski definition) is 1. The fourth-order valence-corrected chi connectivity index (χ4v) is 2.67. The van der Waals surface area contributed by atoms with E-state index in [4.69, 9.17) is 0 Å². The number of amides is 1. The molecule has 2 aromatic heterocycles. The number of halogens is 1. The number of nitrogens with one attached hydrogen (secondary N) is 1. The second kappa shape index (κ2) is 4.68. The molecule has 2 heterocycles. The number of rotatable bonds is 2. The number of aromatic nitrogens is 3. The monoisotopic (exact) mass is 290 g/mol. The molecule has 1 aromatic carbocycles. The summed E-state index contributed by atoms with van der Waals surface area (Å²) in [5, 5.41) is 7.20. The molecule has 3 aromatic rings. The molecule has 1 amide bonds. The van der Waals surface area contributed by atoms with Crippen molar-refractivity contribution in [3.05, 3.63) is 41.5 Å². The van der Waals surface area contributed by atoms with E-state index in [1.165, 1.54) is 23.5 Å². The maximum atomic E-state index is 13.1. The lowest BCUT2D eigenvalue weighted by Gasteiger charge is -1.96. The van der Waals surface area contributed by atoms with Gasteiger partial charge in [-0.25, -0.2) is 9.37 Å². The van der Waals surface area contributed by atoms with Gasteiger partial charge in [-0.05, 0) is 31.2 Å². The van der Waals surface area contributed by atoms with Gasteiger partial charge in [-0.3, -0.25) is 14.8 Å². The largest absolute Gasteiger partial charge is 0.296 e. The second-order valence-electron chi connectivity index (χ2n) is 4.38. The summed E-state index contributed by atoms with van der Waals surface area (Å²) in [6.45, 7) is 1.87. The number of aryl methyl sites for hydroxylation is 2. The fraction of sp³-hybridized carbons (Fsp3) is 0.154. The average molecular weight is 290 g/mol. The Morgan fingerprint density at radius 2 is 2.20 bits per heavy atom. The summed E-state index contributed by atoms with van der Waals surface area (Å²) in [5.41, 5.74) is 1.88. The molecule has 20 heavy (non-hydrogen) atoms. The molecular formula is C13H11FN4OS. The quantitative estimate of drug-likeness (QED) is 0.789. The van der Waals surface area contributed by atoms with Gasteiger partial charge in [0.1, 0.15) is 5.82 Å². The van der Waals surface area contributed by atoms with E-state index in [1.807, 2.05) is 6.92 Å². The van der Waals surface area contributed by atoms with Crippen LogP contribution in [0.5, 0.6) is 0 Å². The lowest BCUT2D eigenvalue weighted by molar-refractivity contribution is 0.102. The van der Waals surface area contributed by atoms with E-state index in [0.29, 0.717) is 21.0 Å². The molecule has 0 atom stereocenters. The first-order valence-corrected chi connectivity index (χ1v) is 6.72. The molecule has 0 bridgehead atoms. The van der Waals surface area contributed by atoms with Crippen molar-refractivity contribution in [1.29, 1.82) is 0 Å². The van der Waals surface area contributed by atoms with Gasteiger partial charge in [-0.2, -0.15) is 5.10 Å². The molecule has 5 nitrogen and oxygen atoms in total. The summed E-state index contributed by atoms with van der Waals surface area (Å²) in [6, 6.07) is 6.02. The average Bonchev–Trinajstić information content (AvgIpc) is 2.93. The molecule has 0 unspecified atom stereocenters. The SMILES string of the molecule is Cc1cc(C(=O)Nc2nc3ccc(F)cc3s2)nn1C. The van der Waals surface area contributed by atoms with Gasteiger partial charge in [0.2, 0.25) is 0 Å². The number of benzene rings is 1. The molecular weight excluding hydrogens is 279 g/mol. The van der Waals surface area contributed by atoms with Crippen molar-refractivity contribution in [2.75, 3.05) is 5.32 Å². The highest BCUT2D eigenvalue weighted by molar-refractivity contribution is 7.22. The third kappa shape index (κ3) is 2.27.